The van der Waals surface area contributed by atoms with Gasteiger partial charge in [0.1, 0.15) is 0 Å². The van der Waals surface area contributed by atoms with Crippen molar-refractivity contribution < 1.29 is 9.59 Å². The molecule has 2 fully saturated rings. The third-order valence-electron chi connectivity index (χ3n) is 5.98. The van der Waals surface area contributed by atoms with E-state index in [0.717, 1.165) is 52.9 Å². The molecule has 2 amide bonds. The number of para-hydroxylation sites is 1. The van der Waals surface area contributed by atoms with E-state index in [1.807, 2.05) is 48.5 Å². The first-order chi connectivity index (χ1) is 15.1. The van der Waals surface area contributed by atoms with E-state index in [0.29, 0.717) is 6.54 Å². The zero-order chi connectivity index (χ0) is 21.4. The topological polar surface area (TPSA) is 68.8 Å². The molecule has 3 heterocycles. The third kappa shape index (κ3) is 4.13. The smallest absolute Gasteiger partial charge is 0.229 e. The summed E-state index contributed by atoms with van der Waals surface area (Å²) in [6, 6.07) is 15.3. The summed E-state index contributed by atoms with van der Waals surface area (Å²) in [4.78, 5) is 36.4. The quantitative estimate of drug-likeness (QED) is 0.682. The Morgan fingerprint density at radius 1 is 1.10 bits per heavy atom. The fourth-order valence-corrected chi connectivity index (χ4v) is 5.16. The highest BCUT2D eigenvalue weighted by Gasteiger charge is 2.35. The van der Waals surface area contributed by atoms with Crippen LogP contribution in [-0.2, 0) is 9.59 Å². The molecular weight excluding hydrogens is 410 g/mol. The number of hydrogen-bond donors (Lipinski definition) is 1. The molecule has 1 aromatic heterocycles. The number of aromatic nitrogens is 1. The van der Waals surface area contributed by atoms with Crippen LogP contribution in [0, 0.1) is 5.92 Å². The lowest BCUT2D eigenvalue weighted by molar-refractivity contribution is -0.122. The standard InChI is InChI=1S/C23H25N5O2S/c1-26-9-11-27(12-10-26)23-25-19-8-7-17(14-20(19)31-23)24-22(30)16-13-21(29)28(15-16)18-5-3-2-4-6-18/h2-8,14,16H,9-13,15H2,1H3,(H,24,30). The summed E-state index contributed by atoms with van der Waals surface area (Å²) in [6.45, 7) is 4.45. The summed E-state index contributed by atoms with van der Waals surface area (Å²) in [7, 11) is 2.14. The van der Waals surface area contributed by atoms with Crippen LogP contribution in [0.5, 0.6) is 0 Å². The maximum atomic E-state index is 12.8. The van der Waals surface area contributed by atoms with E-state index in [-0.39, 0.29) is 24.2 Å². The van der Waals surface area contributed by atoms with Gasteiger partial charge in [0.15, 0.2) is 5.13 Å². The zero-order valence-electron chi connectivity index (χ0n) is 17.5. The molecular formula is C23H25N5O2S. The van der Waals surface area contributed by atoms with Gasteiger partial charge >= 0.3 is 0 Å². The molecule has 2 aliphatic heterocycles. The normalized spacial score (nSPS) is 19.9. The van der Waals surface area contributed by atoms with Crippen molar-refractivity contribution in [3.8, 4) is 0 Å². The van der Waals surface area contributed by atoms with Crippen molar-refractivity contribution in [2.24, 2.45) is 5.92 Å². The molecule has 0 radical (unpaired) electrons. The van der Waals surface area contributed by atoms with Crippen LogP contribution in [0.2, 0.25) is 0 Å². The van der Waals surface area contributed by atoms with Crippen LogP contribution >= 0.6 is 11.3 Å². The average Bonchev–Trinajstić information content (AvgIpc) is 3.38. The van der Waals surface area contributed by atoms with Crippen LogP contribution in [-0.4, -0.2) is 61.5 Å². The highest BCUT2D eigenvalue weighted by atomic mass is 32.1. The number of nitrogens with zero attached hydrogens (tertiary/aromatic N) is 4. The minimum atomic E-state index is -0.356. The molecule has 3 aromatic rings. The van der Waals surface area contributed by atoms with Crippen molar-refractivity contribution in [2.45, 2.75) is 6.42 Å². The number of thiazole rings is 1. The Morgan fingerprint density at radius 3 is 2.65 bits per heavy atom. The highest BCUT2D eigenvalue weighted by Crippen LogP contribution is 2.32. The van der Waals surface area contributed by atoms with Crippen LogP contribution in [0.4, 0.5) is 16.5 Å². The van der Waals surface area contributed by atoms with Crippen molar-refractivity contribution in [1.29, 1.82) is 0 Å². The van der Waals surface area contributed by atoms with E-state index in [1.54, 1.807) is 16.2 Å². The second-order valence-electron chi connectivity index (χ2n) is 8.20. The van der Waals surface area contributed by atoms with Crippen LogP contribution in [0.25, 0.3) is 10.2 Å². The minimum absolute atomic E-state index is 0.0129. The minimum Gasteiger partial charge on any atom is -0.345 e. The first-order valence-corrected chi connectivity index (χ1v) is 11.4. The van der Waals surface area contributed by atoms with Gasteiger partial charge in [0.25, 0.3) is 0 Å². The first kappa shape index (κ1) is 20.0. The Bertz CT molecular complexity index is 1110. The Kier molecular flexibility index (Phi) is 5.33. The van der Waals surface area contributed by atoms with E-state index in [4.69, 9.17) is 4.98 Å². The van der Waals surface area contributed by atoms with Gasteiger partial charge in [0, 0.05) is 50.5 Å². The van der Waals surface area contributed by atoms with Gasteiger partial charge in [0.05, 0.1) is 16.1 Å². The second-order valence-corrected chi connectivity index (χ2v) is 9.21. The Morgan fingerprint density at radius 2 is 1.87 bits per heavy atom. The van der Waals surface area contributed by atoms with Crippen molar-refractivity contribution in [3.05, 3.63) is 48.5 Å². The van der Waals surface area contributed by atoms with E-state index in [9.17, 15) is 9.59 Å². The number of carbonyl (C=O) groups is 2. The lowest BCUT2D eigenvalue weighted by Gasteiger charge is -2.31. The van der Waals surface area contributed by atoms with Crippen LogP contribution < -0.4 is 15.1 Å². The lowest BCUT2D eigenvalue weighted by atomic mass is 10.1. The number of fused-ring (bicyclic) bond motifs is 1. The largest absolute Gasteiger partial charge is 0.345 e. The van der Waals surface area contributed by atoms with Crippen LogP contribution in [0.1, 0.15) is 6.42 Å². The molecule has 1 atom stereocenters. The summed E-state index contributed by atoms with van der Waals surface area (Å²) >= 11 is 1.66. The Hall–Kier alpha value is -2.97. The van der Waals surface area contributed by atoms with Gasteiger partial charge in [-0.1, -0.05) is 29.5 Å². The van der Waals surface area contributed by atoms with Gasteiger partial charge in [-0.2, -0.15) is 0 Å². The molecule has 0 aliphatic carbocycles. The molecule has 31 heavy (non-hydrogen) atoms. The molecule has 0 spiro atoms. The summed E-state index contributed by atoms with van der Waals surface area (Å²) in [6.07, 6.45) is 0.233. The van der Waals surface area contributed by atoms with Gasteiger partial charge in [-0.3, -0.25) is 9.59 Å². The van der Waals surface area contributed by atoms with Gasteiger partial charge in [0.2, 0.25) is 11.8 Å². The maximum absolute atomic E-state index is 12.8. The fraction of sp³-hybridized carbons (Fsp3) is 0.348. The van der Waals surface area contributed by atoms with E-state index in [2.05, 4.69) is 22.2 Å². The number of nitrogens with one attached hydrogen (secondary N) is 1. The van der Waals surface area contributed by atoms with E-state index < -0.39 is 0 Å². The summed E-state index contributed by atoms with van der Waals surface area (Å²) in [5.74, 6) is -0.484. The molecule has 2 saturated heterocycles. The van der Waals surface area contributed by atoms with Gasteiger partial charge in [-0.15, -0.1) is 0 Å². The summed E-state index contributed by atoms with van der Waals surface area (Å²) in [5.41, 5.74) is 2.53. The lowest BCUT2D eigenvalue weighted by Crippen LogP contribution is -2.44. The number of carbonyl (C=O) groups excluding carboxylic acids is 2. The molecule has 160 valence electrons. The molecule has 8 heteroatoms. The molecule has 0 bridgehead atoms. The van der Waals surface area contributed by atoms with Crippen molar-refractivity contribution in [2.75, 3.05) is 54.9 Å². The molecule has 1 N–H and O–H groups in total. The van der Waals surface area contributed by atoms with Gasteiger partial charge < -0.3 is 20.0 Å². The average molecular weight is 436 g/mol. The molecule has 7 nitrogen and oxygen atoms in total. The monoisotopic (exact) mass is 435 g/mol. The SMILES string of the molecule is CN1CCN(c2nc3ccc(NC(=O)C4CC(=O)N(c5ccccc5)C4)cc3s2)CC1. The van der Waals surface area contributed by atoms with Crippen molar-refractivity contribution >= 4 is 49.9 Å². The van der Waals surface area contributed by atoms with Crippen molar-refractivity contribution in [3.63, 3.8) is 0 Å². The zero-order valence-corrected chi connectivity index (χ0v) is 18.3. The first-order valence-electron chi connectivity index (χ1n) is 10.6. The fourth-order valence-electron chi connectivity index (χ4n) is 4.11. The Labute approximate surface area is 185 Å². The highest BCUT2D eigenvalue weighted by molar-refractivity contribution is 7.22. The molecule has 5 rings (SSSR count). The van der Waals surface area contributed by atoms with Crippen LogP contribution in [0.3, 0.4) is 0 Å². The number of piperazine rings is 1. The third-order valence-corrected chi connectivity index (χ3v) is 7.06. The number of hydrogen-bond acceptors (Lipinski definition) is 6. The maximum Gasteiger partial charge on any atom is 0.229 e. The van der Waals surface area contributed by atoms with Gasteiger partial charge in [-0.05, 0) is 37.4 Å². The molecule has 0 saturated carbocycles. The second kappa shape index (κ2) is 8.28. The van der Waals surface area contributed by atoms with Gasteiger partial charge in [-0.25, -0.2) is 4.98 Å². The molecule has 1 unspecified atom stereocenters. The predicted octanol–water partition coefficient (Wildman–Crippen LogP) is 3.04. The predicted molar refractivity (Wildman–Crippen MR) is 125 cm³/mol. The summed E-state index contributed by atoms with van der Waals surface area (Å²) < 4.78 is 1.06. The Balaban J connectivity index is 1.27. The van der Waals surface area contributed by atoms with Crippen molar-refractivity contribution in [1.82, 2.24) is 9.88 Å². The number of likely N-dealkylation sites (N-methyl/N-ethyl adjacent to an activating group) is 1. The van der Waals surface area contributed by atoms with E-state index in [1.165, 1.54) is 0 Å². The molecule has 2 aromatic carbocycles. The number of rotatable bonds is 4. The van der Waals surface area contributed by atoms with E-state index >= 15 is 0 Å². The summed E-state index contributed by atoms with van der Waals surface area (Å²) in [5, 5.41) is 4.04. The number of anilines is 3. The number of amides is 2. The van der Waals surface area contributed by atoms with Crippen LogP contribution in [0.15, 0.2) is 48.5 Å². The number of benzene rings is 2. The molecule has 2 aliphatic rings.